The van der Waals surface area contributed by atoms with Gasteiger partial charge in [-0.25, -0.2) is 21.6 Å². The van der Waals surface area contributed by atoms with Gasteiger partial charge in [-0.3, -0.25) is 14.5 Å². The molecule has 1 amide bonds. The highest BCUT2D eigenvalue weighted by Gasteiger charge is 2.20. The number of nitrogens with zero attached hydrogens (tertiary/aromatic N) is 1. The molecule has 1 atom stereocenters. The third-order valence-corrected chi connectivity index (χ3v) is 7.87. The number of benzene rings is 2. The number of nitrogens with one attached hydrogen (secondary N) is 3. The maximum Gasteiger partial charge on any atom is 0.262 e. The fourth-order valence-electron chi connectivity index (χ4n) is 3.00. The first-order valence-corrected chi connectivity index (χ1v) is 13.2. The van der Waals surface area contributed by atoms with E-state index >= 15 is 0 Å². The molecule has 11 heteroatoms. The number of anilines is 1. The maximum absolute atomic E-state index is 12.7. The Hall–Kier alpha value is -2.76. The number of carbonyl (C=O) groups is 1. The summed E-state index contributed by atoms with van der Waals surface area (Å²) in [6.07, 6.45) is 2.00. The lowest BCUT2D eigenvalue weighted by molar-refractivity contribution is 0.102. The average molecular weight is 479 g/mol. The van der Waals surface area contributed by atoms with Crippen molar-refractivity contribution in [2.45, 2.75) is 48.9 Å². The summed E-state index contributed by atoms with van der Waals surface area (Å²) >= 11 is 0. The van der Waals surface area contributed by atoms with Gasteiger partial charge in [0.2, 0.25) is 10.0 Å². The standard InChI is InChI=1S/C21H26N4O5S2/c1-3-15(2)24-31(27,28)18-9-4-7-16(13-18)21(26)23-17-8-5-10-19(14-17)32(29,30)25-20-11-6-12-22-20/h4-5,7-10,13-15,24H,3,6,11-12H2,1-2H3,(H,22,25)(H,23,26)/t15-/m0/s1. The van der Waals surface area contributed by atoms with Crippen molar-refractivity contribution >= 4 is 37.5 Å². The molecule has 32 heavy (non-hydrogen) atoms. The predicted molar refractivity (Wildman–Crippen MR) is 123 cm³/mol. The quantitative estimate of drug-likeness (QED) is 0.536. The Labute approximate surface area is 188 Å². The van der Waals surface area contributed by atoms with Gasteiger partial charge in [0, 0.05) is 30.3 Å². The minimum Gasteiger partial charge on any atom is -0.322 e. The summed E-state index contributed by atoms with van der Waals surface area (Å²) in [6.45, 7) is 4.21. The number of carbonyl (C=O) groups excluding carboxylic acids is 1. The molecule has 9 nitrogen and oxygen atoms in total. The lowest BCUT2D eigenvalue weighted by Crippen LogP contribution is -2.32. The zero-order valence-corrected chi connectivity index (χ0v) is 19.5. The molecule has 0 radical (unpaired) electrons. The molecule has 3 rings (SSSR count). The van der Waals surface area contributed by atoms with Crippen LogP contribution in [0.4, 0.5) is 5.69 Å². The zero-order valence-electron chi connectivity index (χ0n) is 17.8. The topological polar surface area (TPSA) is 134 Å². The summed E-state index contributed by atoms with van der Waals surface area (Å²) in [6, 6.07) is 11.2. The van der Waals surface area contributed by atoms with E-state index in [4.69, 9.17) is 0 Å². The molecule has 0 bridgehead atoms. The van der Waals surface area contributed by atoms with E-state index in [0.29, 0.717) is 25.2 Å². The van der Waals surface area contributed by atoms with Crippen molar-refractivity contribution in [1.29, 1.82) is 0 Å². The van der Waals surface area contributed by atoms with Crippen LogP contribution in [-0.4, -0.2) is 41.2 Å². The van der Waals surface area contributed by atoms with Gasteiger partial charge in [-0.1, -0.05) is 19.1 Å². The van der Waals surface area contributed by atoms with Crippen molar-refractivity contribution < 1.29 is 21.6 Å². The van der Waals surface area contributed by atoms with Crippen molar-refractivity contribution in [3.8, 4) is 0 Å². The minimum absolute atomic E-state index is 0.0148. The third-order valence-electron chi connectivity index (χ3n) is 4.90. The van der Waals surface area contributed by atoms with E-state index in [0.717, 1.165) is 6.42 Å². The fourth-order valence-corrected chi connectivity index (χ4v) is 5.51. The molecule has 2 aromatic carbocycles. The molecular weight excluding hydrogens is 452 g/mol. The lowest BCUT2D eigenvalue weighted by atomic mass is 10.2. The van der Waals surface area contributed by atoms with Gasteiger partial charge in [-0.2, -0.15) is 0 Å². The molecular formula is C21H26N4O5S2. The van der Waals surface area contributed by atoms with Gasteiger partial charge in [0.25, 0.3) is 15.9 Å². The first kappa shape index (κ1) is 23.9. The normalized spacial score (nSPS) is 15.1. The summed E-state index contributed by atoms with van der Waals surface area (Å²) < 4.78 is 55.2. The Kier molecular flexibility index (Phi) is 7.32. The van der Waals surface area contributed by atoms with E-state index in [1.807, 2.05) is 6.92 Å². The summed E-state index contributed by atoms with van der Waals surface area (Å²) in [5.41, 5.74) is 0.390. The zero-order chi connectivity index (χ0) is 23.4. The van der Waals surface area contributed by atoms with Crippen LogP contribution in [-0.2, 0) is 20.0 Å². The van der Waals surface area contributed by atoms with Crippen LogP contribution in [0.2, 0.25) is 0 Å². The van der Waals surface area contributed by atoms with Gasteiger partial charge in [0.15, 0.2) is 0 Å². The summed E-state index contributed by atoms with van der Waals surface area (Å²) in [5, 5.41) is 2.62. The SMILES string of the molecule is CC[C@H](C)NS(=O)(=O)c1cccc(C(=O)Nc2cccc(S(=O)(=O)NC3=NCCC3)c2)c1. The van der Waals surface area contributed by atoms with Gasteiger partial charge in [0.1, 0.15) is 5.84 Å². The van der Waals surface area contributed by atoms with E-state index in [-0.39, 0.29) is 27.1 Å². The Morgan fingerprint density at radius 2 is 1.72 bits per heavy atom. The summed E-state index contributed by atoms with van der Waals surface area (Å²) in [4.78, 5) is 16.8. The average Bonchev–Trinajstić information content (AvgIpc) is 3.26. The van der Waals surface area contributed by atoms with Crippen LogP contribution >= 0.6 is 0 Å². The predicted octanol–water partition coefficient (Wildman–Crippen LogP) is 2.49. The van der Waals surface area contributed by atoms with Gasteiger partial charge >= 0.3 is 0 Å². The molecule has 0 unspecified atom stereocenters. The number of amidine groups is 1. The first-order chi connectivity index (χ1) is 15.1. The molecule has 0 saturated carbocycles. The third kappa shape index (κ3) is 5.93. The van der Waals surface area contributed by atoms with Crippen LogP contribution < -0.4 is 14.8 Å². The van der Waals surface area contributed by atoms with E-state index in [1.54, 1.807) is 13.0 Å². The second-order valence-corrected chi connectivity index (χ2v) is 10.9. The highest BCUT2D eigenvalue weighted by atomic mass is 32.2. The number of hydrogen-bond donors (Lipinski definition) is 3. The monoisotopic (exact) mass is 478 g/mol. The Bertz CT molecular complexity index is 1240. The van der Waals surface area contributed by atoms with Crippen LogP contribution in [0.3, 0.4) is 0 Å². The molecule has 2 aromatic rings. The molecule has 0 fully saturated rings. The van der Waals surface area contributed by atoms with Crippen molar-refractivity contribution in [3.05, 3.63) is 54.1 Å². The lowest BCUT2D eigenvalue weighted by Gasteiger charge is -2.13. The smallest absolute Gasteiger partial charge is 0.262 e. The molecule has 0 aliphatic carbocycles. The molecule has 0 aromatic heterocycles. The minimum atomic E-state index is -3.83. The van der Waals surface area contributed by atoms with E-state index < -0.39 is 26.0 Å². The Morgan fingerprint density at radius 1 is 1.03 bits per heavy atom. The van der Waals surface area contributed by atoms with E-state index in [9.17, 15) is 21.6 Å². The van der Waals surface area contributed by atoms with Gasteiger partial charge in [-0.05, 0) is 56.2 Å². The largest absolute Gasteiger partial charge is 0.322 e. The van der Waals surface area contributed by atoms with Crippen molar-refractivity contribution in [2.24, 2.45) is 4.99 Å². The van der Waals surface area contributed by atoms with Crippen molar-refractivity contribution in [1.82, 2.24) is 9.44 Å². The van der Waals surface area contributed by atoms with E-state index in [1.165, 1.54) is 42.5 Å². The molecule has 0 saturated heterocycles. The maximum atomic E-state index is 12.7. The molecule has 0 spiro atoms. The second kappa shape index (κ2) is 9.80. The molecule has 3 N–H and O–H groups in total. The van der Waals surface area contributed by atoms with Gasteiger partial charge in [0.05, 0.1) is 9.79 Å². The van der Waals surface area contributed by atoms with Crippen LogP contribution in [0.1, 0.15) is 43.5 Å². The highest BCUT2D eigenvalue weighted by molar-refractivity contribution is 7.90. The van der Waals surface area contributed by atoms with Crippen LogP contribution in [0.15, 0.2) is 63.3 Å². The van der Waals surface area contributed by atoms with Crippen LogP contribution in [0.5, 0.6) is 0 Å². The molecule has 1 aliphatic rings. The number of amides is 1. The number of rotatable bonds is 8. The summed E-state index contributed by atoms with van der Waals surface area (Å²) in [5.74, 6) is -0.142. The Morgan fingerprint density at radius 3 is 2.38 bits per heavy atom. The fraction of sp³-hybridized carbons (Fsp3) is 0.333. The van der Waals surface area contributed by atoms with Crippen LogP contribution in [0.25, 0.3) is 0 Å². The number of aliphatic imine (C=N–C) groups is 1. The van der Waals surface area contributed by atoms with Gasteiger partial charge in [-0.15, -0.1) is 0 Å². The molecule has 172 valence electrons. The van der Waals surface area contributed by atoms with Gasteiger partial charge < -0.3 is 5.32 Å². The molecule has 1 aliphatic heterocycles. The number of hydrogen-bond acceptors (Lipinski definition) is 6. The number of sulfonamides is 2. The Balaban J connectivity index is 1.77. The molecule has 1 heterocycles. The first-order valence-electron chi connectivity index (χ1n) is 10.2. The van der Waals surface area contributed by atoms with Crippen molar-refractivity contribution in [3.63, 3.8) is 0 Å². The van der Waals surface area contributed by atoms with Crippen LogP contribution in [0, 0.1) is 0 Å². The van der Waals surface area contributed by atoms with Crippen molar-refractivity contribution in [2.75, 3.05) is 11.9 Å². The van der Waals surface area contributed by atoms with E-state index in [2.05, 4.69) is 19.8 Å². The summed E-state index contributed by atoms with van der Waals surface area (Å²) in [7, 11) is -7.59. The highest BCUT2D eigenvalue weighted by Crippen LogP contribution is 2.18. The second-order valence-electron chi connectivity index (χ2n) is 7.48.